The molecule has 0 unspecified atom stereocenters. The van der Waals surface area contributed by atoms with E-state index in [2.05, 4.69) is 4.98 Å². The van der Waals surface area contributed by atoms with Gasteiger partial charge in [-0.05, 0) is 0 Å². The van der Waals surface area contributed by atoms with Crippen LogP contribution in [0.1, 0.15) is 11.3 Å². The van der Waals surface area contributed by atoms with E-state index in [0.29, 0.717) is 12.2 Å². The van der Waals surface area contributed by atoms with Crippen molar-refractivity contribution in [2.45, 2.75) is 13.1 Å². The summed E-state index contributed by atoms with van der Waals surface area (Å²) in [7, 11) is 0. The maximum Gasteiger partial charge on any atom is 0.305 e. The molecule has 94 valence electrons. The van der Waals surface area contributed by atoms with E-state index in [1.165, 1.54) is 18.5 Å². The number of benzene rings is 1. The van der Waals surface area contributed by atoms with Gasteiger partial charge in [-0.1, -0.05) is 12.1 Å². The number of nitro benzene ring substituents is 1. The molecule has 0 aliphatic rings. The molecule has 0 aliphatic carbocycles. The summed E-state index contributed by atoms with van der Waals surface area (Å²) in [5.41, 5.74) is 5.81. The summed E-state index contributed by atoms with van der Waals surface area (Å²) < 4.78 is 15.4. The van der Waals surface area contributed by atoms with Crippen molar-refractivity contribution >= 4 is 5.69 Å². The highest BCUT2D eigenvalue weighted by Crippen LogP contribution is 2.20. The van der Waals surface area contributed by atoms with E-state index in [1.807, 2.05) is 0 Å². The molecule has 1 aromatic carbocycles. The monoisotopic (exact) mass is 250 g/mol. The van der Waals surface area contributed by atoms with Gasteiger partial charge in [-0.2, -0.15) is 4.39 Å². The number of nitro groups is 1. The average molecular weight is 250 g/mol. The second-order valence-electron chi connectivity index (χ2n) is 3.75. The van der Waals surface area contributed by atoms with Crippen LogP contribution in [0.2, 0.25) is 0 Å². The molecule has 0 saturated carbocycles. The number of nitrogens with two attached hydrogens (primary N) is 1. The standard InChI is InChI=1S/C11H11FN4O2/c12-11-8(2-1-3-10(11)16(17)18)5-15-6-9(4-13)14-7-15/h1-3,6-7H,4-5,13H2. The summed E-state index contributed by atoms with van der Waals surface area (Å²) in [4.78, 5) is 13.9. The highest BCUT2D eigenvalue weighted by Gasteiger charge is 2.17. The van der Waals surface area contributed by atoms with Gasteiger partial charge in [0.05, 0.1) is 23.5 Å². The number of nitrogens with zero attached hydrogens (tertiary/aromatic N) is 3. The molecule has 0 amide bonds. The summed E-state index contributed by atoms with van der Waals surface area (Å²) in [5.74, 6) is -0.814. The Balaban J connectivity index is 2.29. The lowest BCUT2D eigenvalue weighted by molar-refractivity contribution is -0.387. The van der Waals surface area contributed by atoms with Gasteiger partial charge < -0.3 is 10.3 Å². The molecule has 0 radical (unpaired) electrons. The number of hydrogen-bond donors (Lipinski definition) is 1. The molecule has 2 aromatic rings. The number of aromatic nitrogens is 2. The van der Waals surface area contributed by atoms with Crippen LogP contribution in [0.5, 0.6) is 0 Å². The van der Waals surface area contributed by atoms with E-state index in [1.54, 1.807) is 10.8 Å². The fourth-order valence-electron chi connectivity index (χ4n) is 1.62. The smallest absolute Gasteiger partial charge is 0.305 e. The van der Waals surface area contributed by atoms with Crippen molar-refractivity contribution in [1.29, 1.82) is 0 Å². The zero-order valence-corrected chi connectivity index (χ0v) is 9.41. The van der Waals surface area contributed by atoms with Crippen LogP contribution in [0.15, 0.2) is 30.7 Å². The minimum absolute atomic E-state index is 0.181. The zero-order chi connectivity index (χ0) is 13.1. The molecule has 0 atom stereocenters. The van der Waals surface area contributed by atoms with Gasteiger partial charge >= 0.3 is 5.69 Å². The first-order valence-corrected chi connectivity index (χ1v) is 5.24. The zero-order valence-electron chi connectivity index (χ0n) is 9.41. The minimum Gasteiger partial charge on any atom is -0.333 e. The van der Waals surface area contributed by atoms with Crippen molar-refractivity contribution in [1.82, 2.24) is 9.55 Å². The number of rotatable bonds is 4. The predicted octanol–water partition coefficient (Wildman–Crippen LogP) is 1.44. The lowest BCUT2D eigenvalue weighted by Crippen LogP contribution is -2.02. The largest absolute Gasteiger partial charge is 0.333 e. The van der Waals surface area contributed by atoms with Crippen LogP contribution < -0.4 is 5.73 Å². The van der Waals surface area contributed by atoms with Crippen LogP contribution in [-0.2, 0) is 13.1 Å². The van der Waals surface area contributed by atoms with E-state index in [4.69, 9.17) is 5.73 Å². The van der Waals surface area contributed by atoms with Gasteiger partial charge in [-0.15, -0.1) is 0 Å². The van der Waals surface area contributed by atoms with Crippen LogP contribution in [0.3, 0.4) is 0 Å². The molecule has 0 fully saturated rings. The molecule has 6 nitrogen and oxygen atoms in total. The van der Waals surface area contributed by atoms with Crippen molar-refractivity contribution in [2.24, 2.45) is 5.73 Å². The molecule has 0 aliphatic heterocycles. The molecule has 7 heteroatoms. The summed E-state index contributed by atoms with van der Waals surface area (Å²) >= 11 is 0. The summed E-state index contributed by atoms with van der Waals surface area (Å²) in [6, 6.07) is 4.10. The molecule has 0 bridgehead atoms. The van der Waals surface area contributed by atoms with Gasteiger partial charge in [0.25, 0.3) is 0 Å². The first-order chi connectivity index (χ1) is 8.61. The van der Waals surface area contributed by atoms with Gasteiger partial charge in [-0.25, -0.2) is 4.98 Å². The minimum atomic E-state index is -0.814. The summed E-state index contributed by atoms with van der Waals surface area (Å²) in [6.45, 7) is 0.477. The fourth-order valence-corrected chi connectivity index (χ4v) is 1.62. The van der Waals surface area contributed by atoms with Gasteiger partial charge in [0.1, 0.15) is 0 Å². The normalized spacial score (nSPS) is 10.6. The highest BCUT2D eigenvalue weighted by atomic mass is 19.1. The highest BCUT2D eigenvalue weighted by molar-refractivity contribution is 5.36. The molecule has 1 heterocycles. The third kappa shape index (κ3) is 2.35. The van der Waals surface area contributed by atoms with E-state index in [-0.39, 0.29) is 12.1 Å². The Bertz CT molecular complexity index is 582. The van der Waals surface area contributed by atoms with Gasteiger partial charge in [0.15, 0.2) is 0 Å². The predicted molar refractivity (Wildman–Crippen MR) is 62.3 cm³/mol. The molecule has 2 N–H and O–H groups in total. The molecule has 1 aromatic heterocycles. The van der Waals surface area contributed by atoms with Gasteiger partial charge in [0.2, 0.25) is 5.82 Å². The second kappa shape index (κ2) is 4.92. The molecule has 0 spiro atoms. The van der Waals surface area contributed by atoms with Gasteiger partial charge in [0, 0.05) is 24.4 Å². The summed E-state index contributed by atoms with van der Waals surface area (Å²) in [5, 5.41) is 10.6. The van der Waals surface area contributed by atoms with Crippen molar-refractivity contribution in [3.8, 4) is 0 Å². The van der Waals surface area contributed by atoms with Crippen LogP contribution in [0.25, 0.3) is 0 Å². The topological polar surface area (TPSA) is 87.0 Å². The Kier molecular flexibility index (Phi) is 3.33. The Morgan fingerprint density at radius 1 is 1.50 bits per heavy atom. The number of imidazole rings is 1. The maximum atomic E-state index is 13.8. The SMILES string of the molecule is NCc1cn(Cc2cccc([N+](=O)[O-])c2F)cn1. The average Bonchev–Trinajstić information content (AvgIpc) is 2.79. The Morgan fingerprint density at radius 3 is 2.89 bits per heavy atom. The number of halogens is 1. The van der Waals surface area contributed by atoms with Crippen LogP contribution in [0.4, 0.5) is 10.1 Å². The lowest BCUT2D eigenvalue weighted by Gasteiger charge is -2.04. The summed E-state index contributed by atoms with van der Waals surface area (Å²) in [6.07, 6.45) is 3.19. The third-order valence-corrected chi connectivity index (χ3v) is 2.50. The van der Waals surface area contributed by atoms with E-state index in [0.717, 1.165) is 6.07 Å². The van der Waals surface area contributed by atoms with E-state index < -0.39 is 16.4 Å². The van der Waals surface area contributed by atoms with Crippen LogP contribution in [-0.4, -0.2) is 14.5 Å². The van der Waals surface area contributed by atoms with Crippen molar-refractivity contribution in [3.05, 3.63) is 57.9 Å². The molecule has 2 rings (SSSR count). The van der Waals surface area contributed by atoms with Gasteiger partial charge in [-0.3, -0.25) is 10.1 Å². The second-order valence-corrected chi connectivity index (χ2v) is 3.75. The molecule has 18 heavy (non-hydrogen) atoms. The van der Waals surface area contributed by atoms with E-state index in [9.17, 15) is 14.5 Å². The Labute approximate surface area is 102 Å². The molecular formula is C11H11FN4O2. The van der Waals surface area contributed by atoms with Crippen molar-refractivity contribution < 1.29 is 9.31 Å². The van der Waals surface area contributed by atoms with Crippen molar-refractivity contribution in [3.63, 3.8) is 0 Å². The Morgan fingerprint density at radius 2 is 2.28 bits per heavy atom. The fraction of sp³-hybridized carbons (Fsp3) is 0.182. The molecule has 0 saturated heterocycles. The Hall–Kier alpha value is -2.28. The number of hydrogen-bond acceptors (Lipinski definition) is 4. The van der Waals surface area contributed by atoms with Crippen LogP contribution >= 0.6 is 0 Å². The quantitative estimate of drug-likeness (QED) is 0.657. The lowest BCUT2D eigenvalue weighted by atomic mass is 10.2. The first-order valence-electron chi connectivity index (χ1n) is 5.24. The first kappa shape index (κ1) is 12.2. The third-order valence-electron chi connectivity index (χ3n) is 2.50. The van der Waals surface area contributed by atoms with Crippen LogP contribution in [0, 0.1) is 15.9 Å². The maximum absolute atomic E-state index is 13.8. The molecular weight excluding hydrogens is 239 g/mol. The van der Waals surface area contributed by atoms with E-state index >= 15 is 0 Å². The van der Waals surface area contributed by atoms with Crippen molar-refractivity contribution in [2.75, 3.05) is 0 Å².